The number of hydrogen-bond donors (Lipinski definition) is 10. The Balaban J connectivity index is 0.0000221. The van der Waals surface area contributed by atoms with Crippen molar-refractivity contribution in [2.75, 3.05) is 13.2 Å². The van der Waals surface area contributed by atoms with Gasteiger partial charge in [-0.25, -0.2) is 18.3 Å². The molecule has 1 rings (SSSR count). The molecule has 0 radical (unpaired) electrons. The Morgan fingerprint density at radius 3 is 1.44 bits per heavy atom. The van der Waals surface area contributed by atoms with Crippen molar-refractivity contribution in [2.45, 2.75) is 108 Å². The first kappa shape index (κ1) is 47.3. The largest absolute Gasteiger partial charge is 0.472 e. The molecule has 0 aliphatic heterocycles. The zero-order valence-electron chi connectivity index (χ0n) is 25.9. The average molecular weight is 787 g/mol. The van der Waals surface area contributed by atoms with Gasteiger partial charge in [0.25, 0.3) is 0 Å². The van der Waals surface area contributed by atoms with Crippen molar-refractivity contribution in [3.05, 3.63) is 0 Å². The maximum Gasteiger partial charge on any atom is 0.472 e. The monoisotopic (exact) mass is 787 g/mol. The van der Waals surface area contributed by atoms with Gasteiger partial charge in [-0.1, -0.05) is 39.5 Å². The lowest BCUT2D eigenvalue weighted by molar-refractivity contribution is -0.209. The van der Waals surface area contributed by atoms with Crippen LogP contribution in [0.4, 0.5) is 0 Å². The lowest BCUT2D eigenvalue weighted by Crippen LogP contribution is -2.65. The predicted octanol–water partition coefficient (Wildman–Crippen LogP) is 0.435. The fourth-order valence-corrected chi connectivity index (χ4v) is 6.79. The van der Waals surface area contributed by atoms with E-state index in [9.17, 15) is 72.3 Å². The summed E-state index contributed by atoms with van der Waals surface area (Å²) in [6, 6.07) is 0. The van der Waals surface area contributed by atoms with Crippen LogP contribution in [0.2, 0.25) is 0 Å². The second kappa shape index (κ2) is 20.9. The summed E-state index contributed by atoms with van der Waals surface area (Å²) < 4.78 is 80.0. The van der Waals surface area contributed by atoms with Gasteiger partial charge in [0.15, 0.2) is 6.10 Å². The highest BCUT2D eigenvalue weighted by Gasteiger charge is 2.58. The SMILES string of the molecule is CCCCCC(=O)OC[C@H](COP(=O)(O)OC1[C@H](O)[C@H](OP(=O)(O)O)C(OP(=O)(O)O)[C@H](OP(=O)(O)O)[C@H]1O)OC(=O)CCCCC.N. The van der Waals surface area contributed by atoms with Crippen molar-refractivity contribution in [2.24, 2.45) is 0 Å². The van der Waals surface area contributed by atoms with Crippen LogP contribution < -0.4 is 6.15 Å². The summed E-state index contributed by atoms with van der Waals surface area (Å²) in [5.41, 5.74) is 0. The molecule has 48 heavy (non-hydrogen) atoms. The minimum atomic E-state index is -5.76. The fraction of sp³-hybridized carbons (Fsp3) is 0.905. The van der Waals surface area contributed by atoms with Crippen LogP contribution in [0.25, 0.3) is 0 Å². The van der Waals surface area contributed by atoms with Gasteiger partial charge in [0.05, 0.1) is 6.61 Å². The minimum Gasteiger partial charge on any atom is -0.462 e. The van der Waals surface area contributed by atoms with Crippen LogP contribution in [0.5, 0.6) is 0 Å². The van der Waals surface area contributed by atoms with Crippen molar-refractivity contribution >= 4 is 43.2 Å². The number of phosphoric acid groups is 4. The summed E-state index contributed by atoms with van der Waals surface area (Å²) in [7, 11) is -22.9. The van der Waals surface area contributed by atoms with Gasteiger partial charge >= 0.3 is 43.2 Å². The molecule has 0 bridgehead atoms. The molecule has 27 heteroatoms. The Hall–Kier alpha value is -0.740. The topological polar surface area (TPSA) is 384 Å². The highest BCUT2D eigenvalue weighted by atomic mass is 31.2. The number of ether oxygens (including phenoxy) is 2. The lowest BCUT2D eigenvalue weighted by atomic mass is 9.85. The number of phosphoric ester groups is 4. The van der Waals surface area contributed by atoms with Crippen molar-refractivity contribution in [3.63, 3.8) is 0 Å². The Morgan fingerprint density at radius 2 is 1.02 bits per heavy atom. The molecule has 0 amide bonds. The van der Waals surface area contributed by atoms with Gasteiger partial charge in [0.2, 0.25) is 0 Å². The van der Waals surface area contributed by atoms with Crippen LogP contribution in [0.15, 0.2) is 0 Å². The van der Waals surface area contributed by atoms with Gasteiger partial charge in [0.1, 0.15) is 43.2 Å². The van der Waals surface area contributed by atoms with Crippen molar-refractivity contribution < 1.29 is 104 Å². The predicted molar refractivity (Wildman–Crippen MR) is 158 cm³/mol. The first-order valence-electron chi connectivity index (χ1n) is 14.1. The number of esters is 2. The maximum atomic E-state index is 12.9. The molecule has 0 aromatic rings. The lowest BCUT2D eigenvalue weighted by Gasteiger charge is -2.45. The van der Waals surface area contributed by atoms with Crippen molar-refractivity contribution in [1.82, 2.24) is 6.15 Å². The highest BCUT2D eigenvalue weighted by molar-refractivity contribution is 7.47. The quantitative estimate of drug-likeness (QED) is 0.0404. The molecule has 1 aliphatic carbocycles. The van der Waals surface area contributed by atoms with E-state index >= 15 is 0 Å². The second-order valence-electron chi connectivity index (χ2n) is 10.2. The molecular formula is C21H45NO22P4. The van der Waals surface area contributed by atoms with E-state index in [1.807, 2.05) is 13.8 Å². The third-order valence-corrected chi connectivity index (χ3v) is 8.69. The standard InChI is InChI=1S/C21H42O22P4.H3N/c1-3-5-7-9-14(22)37-11-13(39-15(23)10-8-6-4-2)12-38-47(35,36)43-18-16(24)19(40-44(26,27)28)21(42-46(32,33)34)20(17(18)25)41-45(29,30)31;/h13,16-21,24-25H,3-12H2,1-2H3,(H,35,36)(H2,26,27,28)(H2,29,30,31)(H2,32,33,34);1H3/t13-,16+,17+,18?,19-,20+,21?;/m1./s1. The number of carbonyl (C=O) groups excluding carboxylic acids is 2. The van der Waals surface area contributed by atoms with Gasteiger partial charge < -0.3 is 60.1 Å². The molecule has 0 saturated heterocycles. The van der Waals surface area contributed by atoms with E-state index in [0.717, 1.165) is 19.3 Å². The van der Waals surface area contributed by atoms with E-state index in [4.69, 9.17) is 18.5 Å². The molecule has 8 atom stereocenters. The molecule has 0 spiro atoms. The van der Waals surface area contributed by atoms with E-state index in [1.54, 1.807) is 0 Å². The van der Waals surface area contributed by atoms with E-state index in [2.05, 4.69) is 13.6 Å². The van der Waals surface area contributed by atoms with Crippen LogP contribution in [0.1, 0.15) is 65.2 Å². The molecule has 1 aliphatic rings. The van der Waals surface area contributed by atoms with E-state index in [1.165, 1.54) is 0 Å². The maximum absolute atomic E-state index is 12.9. The third kappa shape index (κ3) is 19.0. The van der Waals surface area contributed by atoms with E-state index in [-0.39, 0.29) is 19.0 Å². The summed E-state index contributed by atoms with van der Waals surface area (Å²) in [6.45, 7) is 2.13. The van der Waals surface area contributed by atoms with Gasteiger partial charge in [-0.15, -0.1) is 0 Å². The van der Waals surface area contributed by atoms with Crippen LogP contribution >= 0.6 is 31.3 Å². The normalized spacial score (nSPS) is 25.4. The van der Waals surface area contributed by atoms with Gasteiger partial charge in [-0.2, -0.15) is 0 Å². The zero-order valence-corrected chi connectivity index (χ0v) is 29.5. The van der Waals surface area contributed by atoms with Gasteiger partial charge in [-0.3, -0.25) is 32.2 Å². The van der Waals surface area contributed by atoms with Crippen LogP contribution in [-0.2, 0) is 59.9 Å². The average Bonchev–Trinajstić information content (AvgIpc) is 2.91. The number of rotatable bonds is 22. The number of aliphatic hydroxyl groups excluding tert-OH is 2. The number of hydrogen-bond acceptors (Lipinski definition) is 16. The fourth-order valence-electron chi connectivity index (χ4n) is 4.14. The van der Waals surface area contributed by atoms with Crippen molar-refractivity contribution in [1.29, 1.82) is 0 Å². The molecule has 3 unspecified atom stereocenters. The summed E-state index contributed by atoms with van der Waals surface area (Å²) in [6.07, 6.45) is -14.0. The van der Waals surface area contributed by atoms with Gasteiger partial charge in [-0.05, 0) is 12.8 Å². The second-order valence-corrected chi connectivity index (χ2v) is 15.2. The Morgan fingerprint density at radius 1 is 0.604 bits per heavy atom. The summed E-state index contributed by atoms with van der Waals surface area (Å²) in [5.74, 6) is -1.46. The molecule has 0 aromatic heterocycles. The van der Waals surface area contributed by atoms with E-state index < -0.39 is 99.2 Å². The molecule has 286 valence electrons. The van der Waals surface area contributed by atoms with Crippen molar-refractivity contribution in [3.8, 4) is 0 Å². The Bertz CT molecular complexity index is 1150. The first-order valence-corrected chi connectivity index (χ1v) is 20.2. The molecule has 23 nitrogen and oxygen atoms in total. The molecule has 1 fully saturated rings. The van der Waals surface area contributed by atoms with Crippen LogP contribution in [0.3, 0.4) is 0 Å². The van der Waals surface area contributed by atoms with Crippen LogP contribution in [-0.4, -0.2) is 112 Å². The molecule has 0 aromatic carbocycles. The smallest absolute Gasteiger partial charge is 0.462 e. The number of unbranched alkanes of at least 4 members (excludes halogenated alkanes) is 4. The summed E-state index contributed by atoms with van der Waals surface area (Å²) in [5, 5.41) is 21.4. The minimum absolute atomic E-state index is 0. The van der Waals surface area contributed by atoms with Gasteiger partial charge in [0, 0.05) is 12.8 Å². The Kier molecular flexibility index (Phi) is 20.6. The number of carbonyl (C=O) groups is 2. The van der Waals surface area contributed by atoms with E-state index in [0.29, 0.717) is 19.3 Å². The first-order chi connectivity index (χ1) is 21.5. The molecular weight excluding hydrogens is 742 g/mol. The molecule has 0 heterocycles. The zero-order chi connectivity index (χ0) is 36.2. The molecule has 1 saturated carbocycles. The summed E-state index contributed by atoms with van der Waals surface area (Å²) >= 11 is 0. The van der Waals surface area contributed by atoms with Crippen LogP contribution in [0, 0.1) is 0 Å². The Labute approximate surface area is 275 Å². The number of aliphatic hydroxyl groups is 2. The molecule has 12 N–H and O–H groups in total. The summed E-state index contributed by atoms with van der Waals surface area (Å²) in [4.78, 5) is 90.2. The third-order valence-electron chi connectivity index (χ3n) is 6.15. The highest BCUT2D eigenvalue weighted by Crippen LogP contribution is 2.53.